The first-order valence-electron chi connectivity index (χ1n) is 8.00. The summed E-state index contributed by atoms with van der Waals surface area (Å²) in [6.07, 6.45) is -0.283. The van der Waals surface area contributed by atoms with Gasteiger partial charge in [0.05, 0.1) is 14.2 Å². The molecule has 0 aliphatic rings. The molecule has 0 aliphatic heterocycles. The Morgan fingerprint density at radius 1 is 0.846 bits per heavy atom. The van der Waals surface area contributed by atoms with Gasteiger partial charge in [-0.15, -0.1) is 0 Å². The third-order valence-electron chi connectivity index (χ3n) is 3.66. The van der Waals surface area contributed by atoms with Crippen LogP contribution >= 0.6 is 0 Å². The zero-order chi connectivity index (χ0) is 18.9. The van der Waals surface area contributed by atoms with Gasteiger partial charge in [0.2, 0.25) is 11.8 Å². The van der Waals surface area contributed by atoms with Gasteiger partial charge in [-0.05, 0) is 35.4 Å². The molecule has 138 valence electrons. The van der Waals surface area contributed by atoms with Crippen molar-refractivity contribution in [2.24, 2.45) is 0 Å². The molecule has 7 heteroatoms. The van der Waals surface area contributed by atoms with Crippen LogP contribution in [-0.2, 0) is 22.7 Å². The van der Waals surface area contributed by atoms with E-state index >= 15 is 0 Å². The molecule has 6 nitrogen and oxygen atoms in total. The van der Waals surface area contributed by atoms with Crippen LogP contribution in [0.3, 0.4) is 0 Å². The van der Waals surface area contributed by atoms with Crippen molar-refractivity contribution in [3.63, 3.8) is 0 Å². The second-order valence-corrected chi connectivity index (χ2v) is 5.55. The van der Waals surface area contributed by atoms with Crippen LogP contribution < -0.4 is 20.1 Å². The van der Waals surface area contributed by atoms with Crippen LogP contribution in [0.1, 0.15) is 17.5 Å². The molecule has 2 aromatic carbocycles. The first-order valence-corrected chi connectivity index (χ1v) is 8.00. The fourth-order valence-electron chi connectivity index (χ4n) is 2.26. The Hall–Kier alpha value is -3.09. The summed E-state index contributed by atoms with van der Waals surface area (Å²) in [5.41, 5.74) is 1.58. The van der Waals surface area contributed by atoms with E-state index in [9.17, 15) is 14.0 Å². The van der Waals surface area contributed by atoms with Crippen molar-refractivity contribution >= 4 is 11.8 Å². The van der Waals surface area contributed by atoms with Crippen molar-refractivity contribution in [1.29, 1.82) is 0 Å². The molecular weight excluding hydrogens is 339 g/mol. The van der Waals surface area contributed by atoms with Crippen molar-refractivity contribution in [2.75, 3.05) is 14.2 Å². The number of hydrogen-bond donors (Lipinski definition) is 2. The van der Waals surface area contributed by atoms with E-state index in [2.05, 4.69) is 10.6 Å². The number of carbonyl (C=O) groups is 2. The third kappa shape index (κ3) is 5.77. The highest BCUT2D eigenvalue weighted by Gasteiger charge is 2.10. The number of carbonyl (C=O) groups excluding carboxylic acids is 2. The number of methoxy groups -OCH3 is 2. The Bertz CT molecular complexity index is 763. The van der Waals surface area contributed by atoms with Gasteiger partial charge in [-0.1, -0.05) is 18.2 Å². The lowest BCUT2D eigenvalue weighted by atomic mass is 10.2. The molecule has 0 fully saturated rings. The summed E-state index contributed by atoms with van der Waals surface area (Å²) in [7, 11) is 3.08. The summed E-state index contributed by atoms with van der Waals surface area (Å²) in [6, 6.07) is 11.1. The normalized spacial score (nSPS) is 10.1. The van der Waals surface area contributed by atoms with E-state index in [0.717, 1.165) is 11.1 Å². The Kier molecular flexibility index (Phi) is 6.96. The number of ether oxygens (including phenoxy) is 2. The number of hydrogen-bond acceptors (Lipinski definition) is 4. The zero-order valence-electron chi connectivity index (χ0n) is 14.7. The quantitative estimate of drug-likeness (QED) is 0.708. The zero-order valence-corrected chi connectivity index (χ0v) is 14.7. The molecule has 2 rings (SSSR count). The van der Waals surface area contributed by atoms with Crippen LogP contribution in [-0.4, -0.2) is 26.0 Å². The van der Waals surface area contributed by atoms with Gasteiger partial charge in [0, 0.05) is 13.1 Å². The van der Waals surface area contributed by atoms with Gasteiger partial charge in [-0.3, -0.25) is 9.59 Å². The van der Waals surface area contributed by atoms with Crippen molar-refractivity contribution in [3.05, 3.63) is 59.4 Å². The van der Waals surface area contributed by atoms with E-state index in [1.807, 2.05) is 0 Å². The molecular formula is C19H21FN2O4. The second-order valence-electron chi connectivity index (χ2n) is 5.55. The average molecular weight is 360 g/mol. The smallest absolute Gasteiger partial charge is 0.229 e. The van der Waals surface area contributed by atoms with Crippen LogP contribution in [0.2, 0.25) is 0 Å². The molecule has 26 heavy (non-hydrogen) atoms. The summed E-state index contributed by atoms with van der Waals surface area (Å²) in [4.78, 5) is 23.7. The minimum Gasteiger partial charge on any atom is -0.493 e. The van der Waals surface area contributed by atoms with Gasteiger partial charge in [0.1, 0.15) is 12.2 Å². The maximum atomic E-state index is 12.8. The van der Waals surface area contributed by atoms with Crippen LogP contribution in [0.25, 0.3) is 0 Å². The van der Waals surface area contributed by atoms with E-state index < -0.39 is 11.8 Å². The first-order chi connectivity index (χ1) is 12.5. The molecule has 0 aliphatic carbocycles. The maximum Gasteiger partial charge on any atom is 0.229 e. The van der Waals surface area contributed by atoms with E-state index in [0.29, 0.717) is 11.5 Å². The molecule has 0 bridgehead atoms. The molecule has 0 atom stereocenters. The number of rotatable bonds is 8. The van der Waals surface area contributed by atoms with Crippen molar-refractivity contribution in [3.8, 4) is 11.5 Å². The van der Waals surface area contributed by atoms with Gasteiger partial charge >= 0.3 is 0 Å². The van der Waals surface area contributed by atoms with Crippen LogP contribution in [0.5, 0.6) is 11.5 Å². The van der Waals surface area contributed by atoms with Crippen molar-refractivity contribution in [2.45, 2.75) is 19.5 Å². The van der Waals surface area contributed by atoms with Crippen LogP contribution in [0.15, 0.2) is 42.5 Å². The minimum atomic E-state index is -0.404. The summed E-state index contributed by atoms with van der Waals surface area (Å²) >= 11 is 0. The number of benzene rings is 2. The monoisotopic (exact) mass is 360 g/mol. The number of halogens is 1. The Labute approximate surface area is 151 Å². The van der Waals surface area contributed by atoms with Gasteiger partial charge < -0.3 is 20.1 Å². The van der Waals surface area contributed by atoms with E-state index in [1.165, 1.54) is 19.2 Å². The Morgan fingerprint density at radius 2 is 1.38 bits per heavy atom. The number of nitrogens with one attached hydrogen (secondary N) is 2. The highest BCUT2D eigenvalue weighted by molar-refractivity contribution is 5.96. The minimum absolute atomic E-state index is 0.238. The third-order valence-corrected chi connectivity index (χ3v) is 3.66. The fourth-order valence-corrected chi connectivity index (χ4v) is 2.26. The lowest BCUT2D eigenvalue weighted by Gasteiger charge is -2.10. The van der Waals surface area contributed by atoms with E-state index in [1.54, 1.807) is 37.4 Å². The highest BCUT2D eigenvalue weighted by atomic mass is 19.1. The van der Waals surface area contributed by atoms with Crippen LogP contribution in [0, 0.1) is 5.82 Å². The Balaban J connectivity index is 1.77. The molecule has 2 aromatic rings. The fraction of sp³-hybridized carbons (Fsp3) is 0.263. The topological polar surface area (TPSA) is 76.7 Å². The predicted octanol–water partition coefficient (Wildman–Crippen LogP) is 2.17. The van der Waals surface area contributed by atoms with E-state index in [4.69, 9.17) is 9.47 Å². The molecule has 0 unspecified atom stereocenters. The summed E-state index contributed by atoms with van der Waals surface area (Å²) in [6.45, 7) is 0.506. The largest absolute Gasteiger partial charge is 0.493 e. The lowest BCUT2D eigenvalue weighted by Crippen LogP contribution is -2.31. The van der Waals surface area contributed by atoms with Crippen molar-refractivity contribution in [1.82, 2.24) is 10.6 Å². The SMILES string of the molecule is COc1ccc(CNC(=O)CC(=O)NCc2ccc(F)cc2)cc1OC. The molecule has 2 amide bonds. The molecule has 0 spiro atoms. The summed E-state index contributed by atoms with van der Waals surface area (Å²) in [5.74, 6) is 0.0316. The standard InChI is InChI=1S/C19H21FN2O4/c1-25-16-8-5-14(9-17(16)26-2)12-22-19(24)10-18(23)21-11-13-3-6-15(20)7-4-13/h3-9H,10-12H2,1-2H3,(H,21,23)(H,22,24). The first kappa shape index (κ1) is 19.2. The molecule has 0 heterocycles. The van der Waals surface area contributed by atoms with Crippen LogP contribution in [0.4, 0.5) is 4.39 Å². The predicted molar refractivity (Wildman–Crippen MR) is 94.3 cm³/mol. The molecule has 0 saturated carbocycles. The second kappa shape index (κ2) is 9.41. The van der Waals surface area contributed by atoms with Gasteiger partial charge in [0.15, 0.2) is 11.5 Å². The molecule has 0 radical (unpaired) electrons. The highest BCUT2D eigenvalue weighted by Crippen LogP contribution is 2.27. The van der Waals surface area contributed by atoms with Gasteiger partial charge in [-0.25, -0.2) is 4.39 Å². The average Bonchev–Trinajstić information content (AvgIpc) is 2.65. The summed E-state index contributed by atoms with van der Waals surface area (Å²) in [5, 5.41) is 5.30. The Morgan fingerprint density at radius 3 is 1.96 bits per heavy atom. The molecule has 0 saturated heterocycles. The summed E-state index contributed by atoms with van der Waals surface area (Å²) < 4.78 is 23.2. The maximum absolute atomic E-state index is 12.8. The molecule has 0 aromatic heterocycles. The van der Waals surface area contributed by atoms with E-state index in [-0.39, 0.29) is 25.3 Å². The van der Waals surface area contributed by atoms with Gasteiger partial charge in [0.25, 0.3) is 0 Å². The molecule has 2 N–H and O–H groups in total. The van der Waals surface area contributed by atoms with Crippen molar-refractivity contribution < 1.29 is 23.5 Å². The lowest BCUT2D eigenvalue weighted by molar-refractivity contribution is -0.129. The van der Waals surface area contributed by atoms with Gasteiger partial charge in [-0.2, -0.15) is 0 Å². The number of amides is 2.